The van der Waals surface area contributed by atoms with Gasteiger partial charge in [-0.1, -0.05) is 76.1 Å². The summed E-state index contributed by atoms with van der Waals surface area (Å²) in [6, 6.07) is 9.62. The lowest BCUT2D eigenvalue weighted by atomic mass is 9.87. The van der Waals surface area contributed by atoms with E-state index < -0.39 is 11.5 Å². The number of hydrogen-bond donors (Lipinski definition) is 0. The monoisotopic (exact) mass is 387 g/mol. The highest BCUT2D eigenvalue weighted by molar-refractivity contribution is 5.97. The van der Waals surface area contributed by atoms with Gasteiger partial charge in [-0.3, -0.25) is 4.79 Å². The molecule has 0 aromatic heterocycles. The van der Waals surface area contributed by atoms with E-state index in [0.717, 1.165) is 24.8 Å². The van der Waals surface area contributed by atoms with Crippen LogP contribution < -0.4 is 0 Å². The summed E-state index contributed by atoms with van der Waals surface area (Å²) < 4.78 is 11.1. The van der Waals surface area contributed by atoms with E-state index in [-0.39, 0.29) is 31.1 Å². The minimum atomic E-state index is -0.918. The van der Waals surface area contributed by atoms with Crippen LogP contribution in [-0.2, 0) is 20.9 Å². The molecule has 0 unspecified atom stereocenters. The Morgan fingerprint density at radius 3 is 2.71 bits per heavy atom. The molecule has 2 rings (SSSR count). The Morgan fingerprint density at radius 2 is 2.07 bits per heavy atom. The van der Waals surface area contributed by atoms with Crippen molar-refractivity contribution in [3.8, 4) is 0 Å². The van der Waals surface area contributed by atoms with Crippen molar-refractivity contribution in [2.45, 2.75) is 59.6 Å². The van der Waals surface area contributed by atoms with Gasteiger partial charge in [-0.2, -0.15) is 0 Å². The number of benzene rings is 1. The molecule has 5 nitrogen and oxygen atoms in total. The third-order valence-electron chi connectivity index (χ3n) is 5.11. The summed E-state index contributed by atoms with van der Waals surface area (Å²) in [5, 5.41) is 0. The topological polar surface area (TPSA) is 55.8 Å². The largest absolute Gasteiger partial charge is 0.447 e. The third-order valence-corrected chi connectivity index (χ3v) is 5.11. The fraction of sp³-hybridized carbons (Fsp3) is 0.565. The fourth-order valence-corrected chi connectivity index (χ4v) is 3.24. The number of carbonyl (C=O) groups excluding carboxylic acids is 2. The summed E-state index contributed by atoms with van der Waals surface area (Å²) in [6.45, 7) is 8.84. The van der Waals surface area contributed by atoms with Crippen LogP contribution in [-0.4, -0.2) is 36.2 Å². The number of allylic oxidation sites excluding steroid dienone is 1. The summed E-state index contributed by atoms with van der Waals surface area (Å²) >= 11 is 0. The molecule has 2 amide bonds. The SMILES string of the molecule is CCCC/C=C\[C@@](C)(COCc1ccccc1)C(=O)N1C(=O)OC[C@@H]1C(C)C. The predicted octanol–water partition coefficient (Wildman–Crippen LogP) is 4.96. The van der Waals surface area contributed by atoms with Crippen LogP contribution in [0.1, 0.15) is 52.5 Å². The summed E-state index contributed by atoms with van der Waals surface area (Å²) in [7, 11) is 0. The Hall–Kier alpha value is -2.14. The molecule has 2 atom stereocenters. The van der Waals surface area contributed by atoms with E-state index in [2.05, 4.69) is 6.92 Å². The van der Waals surface area contributed by atoms with Crippen LogP contribution in [0.5, 0.6) is 0 Å². The van der Waals surface area contributed by atoms with E-state index >= 15 is 0 Å². The molecule has 1 aromatic carbocycles. The molecule has 0 bridgehead atoms. The average Bonchev–Trinajstić information content (AvgIpc) is 3.07. The lowest BCUT2D eigenvalue weighted by molar-refractivity contribution is -0.140. The van der Waals surface area contributed by atoms with Crippen molar-refractivity contribution in [3.63, 3.8) is 0 Å². The molecule has 0 radical (unpaired) electrons. The van der Waals surface area contributed by atoms with Gasteiger partial charge >= 0.3 is 6.09 Å². The van der Waals surface area contributed by atoms with Gasteiger partial charge in [0.25, 0.3) is 0 Å². The number of imide groups is 1. The normalized spacial score (nSPS) is 19.2. The van der Waals surface area contributed by atoms with E-state index in [4.69, 9.17) is 9.47 Å². The van der Waals surface area contributed by atoms with Crippen LogP contribution in [0, 0.1) is 11.3 Å². The standard InChI is InChI=1S/C23H33NO4/c1-5-6-7-11-14-23(4,17-27-15-19-12-9-8-10-13-19)21(25)24-20(18(2)3)16-28-22(24)26/h8-14,18,20H,5-7,15-17H2,1-4H3/b14-11-/t20-,23+/m1/s1. The van der Waals surface area contributed by atoms with Gasteiger partial charge in [-0.15, -0.1) is 0 Å². The van der Waals surface area contributed by atoms with Gasteiger partial charge in [0.1, 0.15) is 6.61 Å². The summed E-state index contributed by atoms with van der Waals surface area (Å²) in [6.07, 6.45) is 6.42. The zero-order chi connectivity index (χ0) is 20.6. The van der Waals surface area contributed by atoms with Crippen molar-refractivity contribution in [1.29, 1.82) is 0 Å². The second-order valence-corrected chi connectivity index (χ2v) is 8.00. The second-order valence-electron chi connectivity index (χ2n) is 8.00. The van der Waals surface area contributed by atoms with Crippen LogP contribution >= 0.6 is 0 Å². The first-order valence-corrected chi connectivity index (χ1v) is 10.2. The van der Waals surface area contributed by atoms with Gasteiger partial charge in [-0.05, 0) is 24.8 Å². The molecule has 0 aliphatic carbocycles. The van der Waals surface area contributed by atoms with Gasteiger partial charge in [0.2, 0.25) is 5.91 Å². The van der Waals surface area contributed by atoms with E-state index in [1.54, 1.807) is 0 Å². The Balaban J connectivity index is 2.15. The molecule has 0 spiro atoms. The first-order valence-electron chi connectivity index (χ1n) is 10.2. The Labute approximate surface area is 168 Å². The first kappa shape index (κ1) is 22.2. The first-order chi connectivity index (χ1) is 13.4. The molecule has 154 valence electrons. The van der Waals surface area contributed by atoms with Gasteiger partial charge in [0.15, 0.2) is 0 Å². The van der Waals surface area contributed by atoms with Crippen LogP contribution in [0.25, 0.3) is 0 Å². The Morgan fingerprint density at radius 1 is 1.36 bits per heavy atom. The Kier molecular flexibility index (Phi) is 8.24. The predicted molar refractivity (Wildman–Crippen MR) is 110 cm³/mol. The molecule has 1 saturated heterocycles. The highest BCUT2D eigenvalue weighted by Gasteiger charge is 2.46. The highest BCUT2D eigenvalue weighted by Crippen LogP contribution is 2.30. The zero-order valence-electron chi connectivity index (χ0n) is 17.5. The lowest BCUT2D eigenvalue weighted by Crippen LogP contribution is -2.49. The summed E-state index contributed by atoms with van der Waals surface area (Å²) in [5.41, 5.74) is 0.131. The molecule has 1 aromatic rings. The maximum absolute atomic E-state index is 13.4. The van der Waals surface area contributed by atoms with E-state index in [1.165, 1.54) is 4.90 Å². The van der Waals surface area contributed by atoms with Crippen molar-refractivity contribution in [2.75, 3.05) is 13.2 Å². The smallest absolute Gasteiger partial charge is 0.417 e. The van der Waals surface area contributed by atoms with Crippen molar-refractivity contribution in [1.82, 2.24) is 4.90 Å². The number of ether oxygens (including phenoxy) is 2. The zero-order valence-corrected chi connectivity index (χ0v) is 17.5. The van der Waals surface area contributed by atoms with Crippen molar-refractivity contribution in [3.05, 3.63) is 48.0 Å². The molecule has 5 heteroatoms. The van der Waals surface area contributed by atoms with Crippen molar-refractivity contribution >= 4 is 12.0 Å². The van der Waals surface area contributed by atoms with Crippen LogP contribution in [0.2, 0.25) is 0 Å². The highest BCUT2D eigenvalue weighted by atomic mass is 16.6. The van der Waals surface area contributed by atoms with E-state index in [1.807, 2.05) is 63.3 Å². The second kappa shape index (κ2) is 10.4. The molecule has 1 aliphatic rings. The van der Waals surface area contributed by atoms with E-state index in [0.29, 0.717) is 6.61 Å². The quantitative estimate of drug-likeness (QED) is 0.421. The number of unbranched alkanes of at least 4 members (excludes halogenated alkanes) is 2. The maximum atomic E-state index is 13.4. The van der Waals surface area contributed by atoms with Gasteiger partial charge in [-0.25, -0.2) is 9.69 Å². The molecule has 1 fully saturated rings. The molecule has 0 saturated carbocycles. The molecular formula is C23H33NO4. The molecule has 0 N–H and O–H groups in total. The molecule has 1 aliphatic heterocycles. The molecule has 28 heavy (non-hydrogen) atoms. The molecule has 1 heterocycles. The molecular weight excluding hydrogens is 354 g/mol. The number of nitrogens with zero attached hydrogens (tertiary/aromatic N) is 1. The van der Waals surface area contributed by atoms with Crippen molar-refractivity contribution in [2.24, 2.45) is 11.3 Å². The van der Waals surface area contributed by atoms with Crippen molar-refractivity contribution < 1.29 is 19.1 Å². The minimum Gasteiger partial charge on any atom is -0.447 e. The maximum Gasteiger partial charge on any atom is 0.417 e. The average molecular weight is 388 g/mol. The van der Waals surface area contributed by atoms with E-state index in [9.17, 15) is 9.59 Å². The number of cyclic esters (lactones) is 1. The number of amides is 2. The van der Waals surface area contributed by atoms with Gasteiger partial charge in [0.05, 0.1) is 24.7 Å². The third kappa shape index (κ3) is 5.68. The minimum absolute atomic E-state index is 0.133. The fourth-order valence-electron chi connectivity index (χ4n) is 3.24. The van der Waals surface area contributed by atoms with Crippen LogP contribution in [0.4, 0.5) is 4.79 Å². The van der Waals surface area contributed by atoms with Crippen LogP contribution in [0.15, 0.2) is 42.5 Å². The Bertz CT molecular complexity index is 670. The van der Waals surface area contributed by atoms with Gasteiger partial charge < -0.3 is 9.47 Å². The van der Waals surface area contributed by atoms with Crippen LogP contribution in [0.3, 0.4) is 0 Å². The lowest BCUT2D eigenvalue weighted by Gasteiger charge is -2.32. The number of carbonyl (C=O) groups is 2. The number of rotatable bonds is 10. The summed E-state index contributed by atoms with van der Waals surface area (Å²) in [5.74, 6) is -0.122. The van der Waals surface area contributed by atoms with Gasteiger partial charge in [0, 0.05) is 0 Å². The number of hydrogen-bond acceptors (Lipinski definition) is 4. The summed E-state index contributed by atoms with van der Waals surface area (Å²) in [4.78, 5) is 27.0.